The Labute approximate surface area is 133 Å². The molecule has 2 aromatic rings. The standard InChI is InChI=1S/C17H17FN2O3/c18-14-4-2-1-3-12(14)10-19-11-17(21)20-13-5-6-15-16(9-13)23-8-7-22-15/h1-6,9,19H,7-8,10-11H2,(H,20,21). The van der Waals surface area contributed by atoms with Gasteiger partial charge in [0, 0.05) is 23.9 Å². The summed E-state index contributed by atoms with van der Waals surface area (Å²) in [6, 6.07) is 11.7. The van der Waals surface area contributed by atoms with E-state index in [0.29, 0.717) is 42.5 Å². The molecule has 0 saturated carbocycles. The molecule has 0 spiro atoms. The van der Waals surface area contributed by atoms with Crippen molar-refractivity contribution < 1.29 is 18.7 Å². The molecule has 3 rings (SSSR count). The second-order valence-electron chi connectivity index (χ2n) is 5.10. The lowest BCUT2D eigenvalue weighted by molar-refractivity contribution is -0.115. The van der Waals surface area contributed by atoms with E-state index in [1.54, 1.807) is 36.4 Å². The molecule has 120 valence electrons. The van der Waals surface area contributed by atoms with Gasteiger partial charge >= 0.3 is 0 Å². The van der Waals surface area contributed by atoms with Gasteiger partial charge in [0.05, 0.1) is 6.54 Å². The first kappa shape index (κ1) is 15.3. The van der Waals surface area contributed by atoms with Gasteiger partial charge in [-0.05, 0) is 18.2 Å². The number of ether oxygens (including phenoxy) is 2. The van der Waals surface area contributed by atoms with Crippen molar-refractivity contribution in [2.75, 3.05) is 25.1 Å². The fourth-order valence-corrected chi connectivity index (χ4v) is 2.28. The number of fused-ring (bicyclic) bond motifs is 1. The number of carbonyl (C=O) groups is 1. The number of anilines is 1. The summed E-state index contributed by atoms with van der Waals surface area (Å²) in [5.41, 5.74) is 1.16. The first-order valence-electron chi connectivity index (χ1n) is 7.36. The molecular weight excluding hydrogens is 299 g/mol. The van der Waals surface area contributed by atoms with Crippen LogP contribution in [0.25, 0.3) is 0 Å². The Morgan fingerprint density at radius 1 is 1.09 bits per heavy atom. The van der Waals surface area contributed by atoms with Crippen LogP contribution in [0.15, 0.2) is 42.5 Å². The van der Waals surface area contributed by atoms with E-state index in [0.717, 1.165) is 0 Å². The van der Waals surface area contributed by atoms with Gasteiger partial charge in [-0.3, -0.25) is 4.79 Å². The van der Waals surface area contributed by atoms with Crippen LogP contribution in [0, 0.1) is 5.82 Å². The first-order chi connectivity index (χ1) is 11.2. The predicted octanol–water partition coefficient (Wildman–Crippen LogP) is 2.33. The number of halogens is 1. The third-order valence-electron chi connectivity index (χ3n) is 3.38. The molecule has 1 heterocycles. The SMILES string of the molecule is O=C(CNCc1ccccc1F)Nc1ccc2c(c1)OCCO2. The van der Waals surface area contributed by atoms with E-state index >= 15 is 0 Å². The van der Waals surface area contributed by atoms with Gasteiger partial charge in [0.25, 0.3) is 0 Å². The van der Waals surface area contributed by atoms with Crippen molar-refractivity contribution in [2.24, 2.45) is 0 Å². The first-order valence-corrected chi connectivity index (χ1v) is 7.36. The fraction of sp³-hybridized carbons (Fsp3) is 0.235. The Kier molecular flexibility index (Phi) is 4.73. The number of nitrogens with one attached hydrogen (secondary N) is 2. The highest BCUT2D eigenvalue weighted by Crippen LogP contribution is 2.32. The largest absolute Gasteiger partial charge is 0.486 e. The summed E-state index contributed by atoms with van der Waals surface area (Å²) in [7, 11) is 0. The van der Waals surface area contributed by atoms with Crippen molar-refractivity contribution in [2.45, 2.75) is 6.54 Å². The Morgan fingerprint density at radius 3 is 2.70 bits per heavy atom. The Bertz CT molecular complexity index is 706. The van der Waals surface area contributed by atoms with Crippen molar-refractivity contribution in [3.63, 3.8) is 0 Å². The highest BCUT2D eigenvalue weighted by molar-refractivity contribution is 5.92. The summed E-state index contributed by atoms with van der Waals surface area (Å²) >= 11 is 0. The van der Waals surface area contributed by atoms with E-state index in [9.17, 15) is 9.18 Å². The van der Waals surface area contributed by atoms with E-state index in [1.807, 2.05) is 0 Å². The average Bonchev–Trinajstić information content (AvgIpc) is 2.56. The summed E-state index contributed by atoms with van der Waals surface area (Å²) in [5.74, 6) is 0.797. The number of hydrogen-bond donors (Lipinski definition) is 2. The molecule has 2 N–H and O–H groups in total. The lowest BCUT2D eigenvalue weighted by Gasteiger charge is -2.19. The number of benzene rings is 2. The maximum atomic E-state index is 13.5. The zero-order valence-electron chi connectivity index (χ0n) is 12.5. The molecule has 5 nitrogen and oxygen atoms in total. The molecule has 0 aliphatic carbocycles. The van der Waals surface area contributed by atoms with Gasteiger partial charge < -0.3 is 20.1 Å². The molecule has 1 aliphatic heterocycles. The highest BCUT2D eigenvalue weighted by Gasteiger charge is 2.12. The third kappa shape index (κ3) is 3.98. The van der Waals surface area contributed by atoms with Crippen LogP contribution >= 0.6 is 0 Å². The van der Waals surface area contributed by atoms with Gasteiger partial charge in [0.15, 0.2) is 11.5 Å². The quantitative estimate of drug-likeness (QED) is 0.889. The Morgan fingerprint density at radius 2 is 1.87 bits per heavy atom. The van der Waals surface area contributed by atoms with Crippen LogP contribution in [-0.4, -0.2) is 25.7 Å². The van der Waals surface area contributed by atoms with E-state index in [2.05, 4.69) is 10.6 Å². The molecular formula is C17H17FN2O3. The minimum atomic E-state index is -0.285. The maximum absolute atomic E-state index is 13.5. The summed E-state index contributed by atoms with van der Waals surface area (Å²) < 4.78 is 24.3. The van der Waals surface area contributed by atoms with Crippen LogP contribution in [-0.2, 0) is 11.3 Å². The van der Waals surface area contributed by atoms with E-state index in [-0.39, 0.29) is 18.3 Å². The zero-order valence-corrected chi connectivity index (χ0v) is 12.5. The molecule has 0 aromatic heterocycles. The van der Waals surface area contributed by atoms with Crippen LogP contribution in [0.1, 0.15) is 5.56 Å². The van der Waals surface area contributed by atoms with E-state index in [4.69, 9.17) is 9.47 Å². The maximum Gasteiger partial charge on any atom is 0.238 e. The molecule has 0 fully saturated rings. The van der Waals surface area contributed by atoms with Crippen LogP contribution < -0.4 is 20.1 Å². The van der Waals surface area contributed by atoms with Crippen LogP contribution in [0.5, 0.6) is 11.5 Å². The average molecular weight is 316 g/mol. The van der Waals surface area contributed by atoms with Crippen molar-refractivity contribution in [3.8, 4) is 11.5 Å². The van der Waals surface area contributed by atoms with Crippen molar-refractivity contribution in [3.05, 3.63) is 53.8 Å². The number of hydrogen-bond acceptors (Lipinski definition) is 4. The lowest BCUT2D eigenvalue weighted by Crippen LogP contribution is -2.28. The molecule has 0 saturated heterocycles. The zero-order chi connectivity index (χ0) is 16.1. The van der Waals surface area contributed by atoms with Gasteiger partial charge in [-0.25, -0.2) is 4.39 Å². The smallest absolute Gasteiger partial charge is 0.238 e. The molecule has 0 bridgehead atoms. The molecule has 6 heteroatoms. The Balaban J connectivity index is 1.50. The monoisotopic (exact) mass is 316 g/mol. The fourth-order valence-electron chi connectivity index (χ4n) is 2.28. The van der Waals surface area contributed by atoms with Gasteiger partial charge in [0.1, 0.15) is 19.0 Å². The molecule has 1 amide bonds. The van der Waals surface area contributed by atoms with Crippen molar-refractivity contribution in [1.82, 2.24) is 5.32 Å². The molecule has 1 aliphatic rings. The van der Waals surface area contributed by atoms with E-state index < -0.39 is 0 Å². The summed E-state index contributed by atoms with van der Waals surface area (Å²) in [6.07, 6.45) is 0. The van der Waals surface area contributed by atoms with E-state index in [1.165, 1.54) is 6.07 Å². The summed E-state index contributed by atoms with van der Waals surface area (Å²) in [5, 5.41) is 5.68. The second kappa shape index (κ2) is 7.11. The molecule has 0 unspecified atom stereocenters. The van der Waals surface area contributed by atoms with Gasteiger partial charge in [-0.1, -0.05) is 18.2 Å². The minimum absolute atomic E-state index is 0.0861. The van der Waals surface area contributed by atoms with Crippen LogP contribution in [0.2, 0.25) is 0 Å². The van der Waals surface area contributed by atoms with Gasteiger partial charge in [0.2, 0.25) is 5.91 Å². The van der Waals surface area contributed by atoms with Crippen LogP contribution in [0.4, 0.5) is 10.1 Å². The Hall–Kier alpha value is -2.60. The molecule has 0 radical (unpaired) electrons. The van der Waals surface area contributed by atoms with Gasteiger partial charge in [-0.2, -0.15) is 0 Å². The number of carbonyl (C=O) groups excluding carboxylic acids is 1. The lowest BCUT2D eigenvalue weighted by atomic mass is 10.2. The van der Waals surface area contributed by atoms with Crippen molar-refractivity contribution >= 4 is 11.6 Å². The van der Waals surface area contributed by atoms with Gasteiger partial charge in [-0.15, -0.1) is 0 Å². The molecule has 0 atom stereocenters. The topological polar surface area (TPSA) is 59.6 Å². The van der Waals surface area contributed by atoms with Crippen molar-refractivity contribution in [1.29, 1.82) is 0 Å². The third-order valence-corrected chi connectivity index (χ3v) is 3.38. The number of rotatable bonds is 5. The predicted molar refractivity (Wildman–Crippen MR) is 84.2 cm³/mol. The number of amides is 1. The molecule has 23 heavy (non-hydrogen) atoms. The van der Waals surface area contributed by atoms with Crippen LogP contribution in [0.3, 0.4) is 0 Å². The minimum Gasteiger partial charge on any atom is -0.486 e. The molecule has 2 aromatic carbocycles. The summed E-state index contributed by atoms with van der Waals surface area (Å²) in [6.45, 7) is 1.40. The normalized spacial score (nSPS) is 12.7. The second-order valence-corrected chi connectivity index (χ2v) is 5.10. The summed E-state index contributed by atoms with van der Waals surface area (Å²) in [4.78, 5) is 11.9. The highest BCUT2D eigenvalue weighted by atomic mass is 19.1.